The lowest BCUT2D eigenvalue weighted by molar-refractivity contribution is 0.194. The molecule has 0 fully saturated rings. The molecule has 0 aliphatic carbocycles. The lowest BCUT2D eigenvalue weighted by atomic mass is 9.72. The van der Waals surface area contributed by atoms with Crippen LogP contribution in [0.15, 0.2) is 0 Å². The Balaban J connectivity index is 0. The molecule has 0 saturated carbocycles. The van der Waals surface area contributed by atoms with Gasteiger partial charge < -0.3 is 5.73 Å². The minimum absolute atomic E-state index is 0. The Labute approximate surface area is 134 Å². The Bertz CT molecular complexity index is 178. The van der Waals surface area contributed by atoms with E-state index in [2.05, 4.69) is 27.7 Å². The third kappa shape index (κ3) is 9.23. The predicted molar refractivity (Wildman–Crippen MR) is 95.8 cm³/mol. The minimum Gasteiger partial charge on any atom is -0.325 e. The molecule has 0 atom stereocenters. The van der Waals surface area contributed by atoms with Crippen LogP contribution in [-0.4, -0.2) is 5.54 Å². The predicted octanol–water partition coefficient (Wildman–Crippen LogP) is 6.48. The molecule has 2 N–H and O–H groups in total. The Kier molecular flexibility index (Phi) is 16.0. The highest BCUT2D eigenvalue weighted by Gasteiger charge is 2.32. The minimum atomic E-state index is 0. The number of halogens is 1. The van der Waals surface area contributed by atoms with E-state index in [4.69, 9.17) is 5.73 Å². The van der Waals surface area contributed by atoms with Crippen molar-refractivity contribution in [2.45, 2.75) is 110 Å². The molecular weight excluding hydrogens is 266 g/mol. The molecule has 0 aromatic carbocycles. The summed E-state index contributed by atoms with van der Waals surface area (Å²) in [6.07, 6.45) is 15.6. The Morgan fingerprint density at radius 1 is 0.700 bits per heavy atom. The largest absolute Gasteiger partial charge is 0.325 e. The van der Waals surface area contributed by atoms with Crippen LogP contribution in [0.4, 0.5) is 0 Å². The highest BCUT2D eigenvalue weighted by Crippen LogP contribution is 2.34. The van der Waals surface area contributed by atoms with E-state index in [-0.39, 0.29) is 17.9 Å². The van der Waals surface area contributed by atoms with Crippen molar-refractivity contribution in [1.82, 2.24) is 0 Å². The van der Waals surface area contributed by atoms with Gasteiger partial charge in [-0.1, -0.05) is 79.1 Å². The number of unbranched alkanes of at least 4 members (excludes halogenated alkanes) is 4. The van der Waals surface area contributed by atoms with E-state index in [9.17, 15) is 0 Å². The van der Waals surface area contributed by atoms with Crippen LogP contribution in [0.1, 0.15) is 105 Å². The smallest absolute Gasteiger partial charge is 0.0182 e. The molecule has 0 saturated heterocycles. The molecule has 0 unspecified atom stereocenters. The van der Waals surface area contributed by atoms with E-state index >= 15 is 0 Å². The van der Waals surface area contributed by atoms with Crippen LogP contribution < -0.4 is 5.73 Å². The van der Waals surface area contributed by atoms with Crippen LogP contribution in [-0.2, 0) is 0 Å². The second-order valence-electron chi connectivity index (χ2n) is 6.42. The van der Waals surface area contributed by atoms with Crippen LogP contribution in [0.3, 0.4) is 0 Å². The van der Waals surface area contributed by atoms with Crippen molar-refractivity contribution in [3.05, 3.63) is 0 Å². The van der Waals surface area contributed by atoms with E-state index in [1.54, 1.807) is 0 Å². The van der Waals surface area contributed by atoms with Gasteiger partial charge in [0.15, 0.2) is 0 Å². The van der Waals surface area contributed by atoms with Gasteiger partial charge in [-0.05, 0) is 31.6 Å². The van der Waals surface area contributed by atoms with Gasteiger partial charge in [-0.2, -0.15) is 0 Å². The molecule has 20 heavy (non-hydrogen) atoms. The topological polar surface area (TPSA) is 26.0 Å². The summed E-state index contributed by atoms with van der Waals surface area (Å²) in [6.45, 7) is 9.17. The van der Waals surface area contributed by atoms with Crippen molar-refractivity contribution in [2.75, 3.05) is 0 Å². The third-order valence-corrected chi connectivity index (χ3v) is 4.62. The van der Waals surface area contributed by atoms with Gasteiger partial charge in [-0.15, -0.1) is 12.4 Å². The van der Waals surface area contributed by atoms with E-state index < -0.39 is 0 Å². The molecule has 0 spiro atoms. The second kappa shape index (κ2) is 14.2. The van der Waals surface area contributed by atoms with Crippen LogP contribution >= 0.6 is 12.4 Å². The first-order chi connectivity index (χ1) is 9.14. The molecule has 0 aromatic rings. The normalized spacial score (nSPS) is 11.7. The van der Waals surface area contributed by atoms with E-state index in [0.29, 0.717) is 0 Å². The summed E-state index contributed by atoms with van der Waals surface area (Å²) in [4.78, 5) is 0. The zero-order valence-electron chi connectivity index (χ0n) is 14.5. The van der Waals surface area contributed by atoms with Gasteiger partial charge in [0.25, 0.3) is 0 Å². The van der Waals surface area contributed by atoms with E-state index in [0.717, 1.165) is 5.92 Å². The maximum atomic E-state index is 6.90. The van der Waals surface area contributed by atoms with Crippen molar-refractivity contribution < 1.29 is 0 Å². The summed E-state index contributed by atoms with van der Waals surface area (Å²) in [6, 6.07) is 0. The summed E-state index contributed by atoms with van der Waals surface area (Å²) in [5, 5.41) is 0. The average molecular weight is 306 g/mol. The van der Waals surface area contributed by atoms with Crippen LogP contribution in [0, 0.1) is 5.92 Å². The van der Waals surface area contributed by atoms with Gasteiger partial charge in [-0.3, -0.25) is 0 Å². The second-order valence-corrected chi connectivity index (χ2v) is 6.42. The molecule has 0 radical (unpaired) electrons. The number of rotatable bonds is 13. The van der Waals surface area contributed by atoms with Gasteiger partial charge in [0.1, 0.15) is 0 Å². The first kappa shape index (κ1) is 22.5. The molecule has 0 bridgehead atoms. The van der Waals surface area contributed by atoms with E-state index in [1.807, 2.05) is 0 Å². The van der Waals surface area contributed by atoms with Gasteiger partial charge in [0, 0.05) is 5.54 Å². The molecule has 0 aliphatic rings. The molecule has 0 aromatic heterocycles. The summed E-state index contributed by atoms with van der Waals surface area (Å²) < 4.78 is 0. The molecule has 1 nitrogen and oxygen atoms in total. The van der Waals surface area contributed by atoms with Gasteiger partial charge in [0.2, 0.25) is 0 Å². The Morgan fingerprint density at radius 3 is 1.35 bits per heavy atom. The fraction of sp³-hybridized carbons (Fsp3) is 1.00. The summed E-state index contributed by atoms with van der Waals surface area (Å²) in [7, 11) is 0. The fourth-order valence-corrected chi connectivity index (χ4v) is 3.17. The quantitative estimate of drug-likeness (QED) is 0.414. The fourth-order valence-electron chi connectivity index (χ4n) is 3.17. The Morgan fingerprint density at radius 2 is 1.05 bits per heavy atom. The maximum absolute atomic E-state index is 6.90. The average Bonchev–Trinajstić information content (AvgIpc) is 2.43. The first-order valence-corrected chi connectivity index (χ1v) is 8.93. The summed E-state index contributed by atoms with van der Waals surface area (Å²) in [5.74, 6) is 0.755. The molecule has 0 amide bonds. The molecule has 2 heteroatoms. The van der Waals surface area contributed by atoms with Crippen molar-refractivity contribution >= 4 is 12.4 Å². The zero-order chi connectivity index (χ0) is 14.6. The molecule has 124 valence electrons. The lowest BCUT2D eigenvalue weighted by Gasteiger charge is -2.38. The van der Waals surface area contributed by atoms with Gasteiger partial charge >= 0.3 is 0 Å². The van der Waals surface area contributed by atoms with Crippen LogP contribution in [0.5, 0.6) is 0 Å². The number of hydrogen-bond acceptors (Lipinski definition) is 1. The molecular formula is C18H40ClN. The van der Waals surface area contributed by atoms with Crippen LogP contribution in [0.25, 0.3) is 0 Å². The summed E-state index contributed by atoms with van der Waals surface area (Å²) >= 11 is 0. The van der Waals surface area contributed by atoms with Crippen molar-refractivity contribution in [3.63, 3.8) is 0 Å². The van der Waals surface area contributed by atoms with Gasteiger partial charge in [0.05, 0.1) is 0 Å². The maximum Gasteiger partial charge on any atom is 0.0182 e. The van der Waals surface area contributed by atoms with Crippen molar-refractivity contribution in [2.24, 2.45) is 11.7 Å². The number of hydrogen-bond donors (Lipinski definition) is 1. The zero-order valence-corrected chi connectivity index (χ0v) is 15.4. The van der Waals surface area contributed by atoms with Gasteiger partial charge in [-0.25, -0.2) is 0 Å². The molecule has 0 heterocycles. The standard InChI is InChI=1S/C18H39N.ClH/c1-5-9-13-17(14-10-6-2)18(19,15-11-7-3)16-12-8-4;/h17H,5-16,19H2,1-4H3;1H. The van der Waals surface area contributed by atoms with E-state index in [1.165, 1.54) is 77.0 Å². The van der Waals surface area contributed by atoms with Crippen molar-refractivity contribution in [1.29, 1.82) is 0 Å². The lowest BCUT2D eigenvalue weighted by Crippen LogP contribution is -2.47. The highest BCUT2D eigenvalue weighted by molar-refractivity contribution is 5.85. The SMILES string of the molecule is CCCCC(CCCC)C(N)(CCCC)CCCC.Cl. The highest BCUT2D eigenvalue weighted by atomic mass is 35.5. The first-order valence-electron chi connectivity index (χ1n) is 8.93. The van der Waals surface area contributed by atoms with Crippen LogP contribution in [0.2, 0.25) is 0 Å². The summed E-state index contributed by atoms with van der Waals surface area (Å²) in [5.41, 5.74) is 7.02. The monoisotopic (exact) mass is 305 g/mol. The molecule has 0 rings (SSSR count). The number of nitrogens with two attached hydrogens (primary N) is 1. The van der Waals surface area contributed by atoms with Crippen molar-refractivity contribution in [3.8, 4) is 0 Å². The molecule has 0 aliphatic heterocycles. The third-order valence-electron chi connectivity index (χ3n) is 4.62. The Hall–Kier alpha value is 0.250.